The second-order valence-corrected chi connectivity index (χ2v) is 7.26. The van der Waals surface area contributed by atoms with E-state index in [4.69, 9.17) is 4.74 Å². The Bertz CT molecular complexity index is 791. The second kappa shape index (κ2) is 6.81. The average molecular weight is 358 g/mol. The van der Waals surface area contributed by atoms with Crippen molar-refractivity contribution in [1.82, 2.24) is 14.7 Å². The molecule has 0 radical (unpaired) electrons. The average Bonchev–Trinajstić information content (AvgIpc) is 3.03. The Hall–Kier alpha value is -2.25. The topological polar surface area (TPSA) is 50.6 Å². The van der Waals surface area contributed by atoms with Crippen molar-refractivity contribution < 1.29 is 13.9 Å². The summed E-state index contributed by atoms with van der Waals surface area (Å²) in [7, 11) is 1.91. The maximum Gasteiger partial charge on any atom is 0.253 e. The fraction of sp³-hybridized carbons (Fsp3) is 0.474. The maximum atomic E-state index is 13.2. The number of carbonyl (C=O) groups is 1. The lowest BCUT2D eigenvalue weighted by atomic mass is 9.90. The molecule has 4 rings (SSSR count). The third-order valence-electron chi connectivity index (χ3n) is 5.17. The quantitative estimate of drug-likeness (QED) is 0.842. The van der Waals surface area contributed by atoms with E-state index in [-0.39, 0.29) is 23.9 Å². The number of aromatic nitrogens is 2. The van der Waals surface area contributed by atoms with Crippen molar-refractivity contribution in [1.29, 1.82) is 0 Å². The highest BCUT2D eigenvalue weighted by molar-refractivity contribution is 5.95. The fourth-order valence-electron chi connectivity index (χ4n) is 3.96. The lowest BCUT2D eigenvalue weighted by Crippen LogP contribution is -2.61. The second-order valence-electron chi connectivity index (χ2n) is 7.26. The van der Waals surface area contributed by atoms with Gasteiger partial charge in [0.15, 0.2) is 0 Å². The zero-order valence-corrected chi connectivity index (χ0v) is 14.9. The SMILES string of the molecule is Cn1cc(CN2CCCC3(C2)CN(c2ccc(F)cc2)C(=O)CO3)cn1. The van der Waals surface area contributed by atoms with E-state index in [2.05, 4.69) is 10.00 Å². The maximum absolute atomic E-state index is 13.2. The van der Waals surface area contributed by atoms with Gasteiger partial charge in [-0.2, -0.15) is 5.10 Å². The highest BCUT2D eigenvalue weighted by atomic mass is 19.1. The number of morpholine rings is 1. The molecule has 7 heteroatoms. The van der Waals surface area contributed by atoms with E-state index >= 15 is 0 Å². The Kier molecular flexibility index (Phi) is 4.50. The summed E-state index contributed by atoms with van der Waals surface area (Å²) in [5.41, 5.74) is 1.53. The Balaban J connectivity index is 1.49. The number of hydrogen-bond acceptors (Lipinski definition) is 4. The molecule has 3 heterocycles. The zero-order chi connectivity index (χ0) is 18.1. The molecule has 2 aliphatic heterocycles. The van der Waals surface area contributed by atoms with E-state index < -0.39 is 0 Å². The van der Waals surface area contributed by atoms with E-state index in [1.165, 1.54) is 17.7 Å². The summed E-state index contributed by atoms with van der Waals surface area (Å²) in [4.78, 5) is 16.5. The molecule has 1 spiro atoms. The number of ether oxygens (including phenoxy) is 1. The molecule has 0 N–H and O–H groups in total. The first-order valence-corrected chi connectivity index (χ1v) is 8.93. The first kappa shape index (κ1) is 17.2. The van der Waals surface area contributed by atoms with E-state index in [0.717, 1.165) is 38.2 Å². The lowest BCUT2D eigenvalue weighted by molar-refractivity contribution is -0.146. The predicted molar refractivity (Wildman–Crippen MR) is 95.2 cm³/mol. The van der Waals surface area contributed by atoms with E-state index in [0.29, 0.717) is 6.54 Å². The highest BCUT2D eigenvalue weighted by Crippen LogP contribution is 2.32. The molecule has 138 valence electrons. The molecular weight excluding hydrogens is 335 g/mol. The predicted octanol–water partition coefficient (Wildman–Crippen LogP) is 1.96. The highest BCUT2D eigenvalue weighted by Gasteiger charge is 2.43. The van der Waals surface area contributed by atoms with Crippen LogP contribution in [0.2, 0.25) is 0 Å². The van der Waals surface area contributed by atoms with Crippen LogP contribution in [0.25, 0.3) is 0 Å². The summed E-state index contributed by atoms with van der Waals surface area (Å²) in [6.07, 6.45) is 5.85. The van der Waals surface area contributed by atoms with Crippen LogP contribution in [0.15, 0.2) is 36.7 Å². The Labute approximate surface area is 152 Å². The monoisotopic (exact) mass is 358 g/mol. The van der Waals surface area contributed by atoms with Crippen molar-refractivity contribution in [2.45, 2.75) is 25.0 Å². The van der Waals surface area contributed by atoms with Crippen LogP contribution in [0, 0.1) is 5.82 Å². The molecule has 6 nitrogen and oxygen atoms in total. The summed E-state index contributed by atoms with van der Waals surface area (Å²) in [6.45, 7) is 3.17. The molecule has 1 atom stereocenters. The van der Waals surface area contributed by atoms with Gasteiger partial charge in [0.05, 0.1) is 18.3 Å². The van der Waals surface area contributed by atoms with Gasteiger partial charge in [0, 0.05) is 37.6 Å². The Morgan fingerprint density at radius 3 is 2.81 bits per heavy atom. The molecule has 0 saturated carbocycles. The number of rotatable bonds is 3. The van der Waals surface area contributed by atoms with Gasteiger partial charge in [0.1, 0.15) is 12.4 Å². The summed E-state index contributed by atoms with van der Waals surface area (Å²) in [6, 6.07) is 6.09. The molecular formula is C19H23FN4O2. The van der Waals surface area contributed by atoms with Crippen LogP contribution in [0.1, 0.15) is 18.4 Å². The summed E-state index contributed by atoms with van der Waals surface area (Å²) in [5.74, 6) is -0.379. The number of amides is 1. The number of benzene rings is 1. The van der Waals surface area contributed by atoms with Crippen molar-refractivity contribution in [3.8, 4) is 0 Å². The molecule has 0 bridgehead atoms. The van der Waals surface area contributed by atoms with Crippen LogP contribution in [-0.2, 0) is 23.1 Å². The van der Waals surface area contributed by atoms with E-state index in [9.17, 15) is 9.18 Å². The van der Waals surface area contributed by atoms with Crippen LogP contribution in [-0.4, -0.2) is 52.4 Å². The molecule has 1 aromatic carbocycles. The van der Waals surface area contributed by atoms with Crippen molar-refractivity contribution >= 4 is 11.6 Å². The van der Waals surface area contributed by atoms with Gasteiger partial charge in [-0.3, -0.25) is 14.4 Å². The molecule has 1 aromatic heterocycles. The normalized spacial score (nSPS) is 24.4. The Morgan fingerprint density at radius 2 is 2.08 bits per heavy atom. The molecule has 2 fully saturated rings. The summed E-state index contributed by atoms with van der Waals surface area (Å²) < 4.78 is 21.1. The van der Waals surface area contributed by atoms with Gasteiger partial charge in [0.25, 0.3) is 5.91 Å². The minimum Gasteiger partial charge on any atom is -0.362 e. The molecule has 1 amide bonds. The molecule has 26 heavy (non-hydrogen) atoms. The number of carbonyl (C=O) groups excluding carboxylic acids is 1. The van der Waals surface area contributed by atoms with Gasteiger partial charge >= 0.3 is 0 Å². The molecule has 2 aliphatic rings. The van der Waals surface area contributed by atoms with Gasteiger partial charge in [-0.15, -0.1) is 0 Å². The van der Waals surface area contributed by atoms with Crippen molar-refractivity contribution in [3.05, 3.63) is 48.0 Å². The van der Waals surface area contributed by atoms with Crippen LogP contribution in [0.5, 0.6) is 0 Å². The zero-order valence-electron chi connectivity index (χ0n) is 14.9. The summed E-state index contributed by atoms with van der Waals surface area (Å²) in [5, 5.41) is 4.23. The van der Waals surface area contributed by atoms with E-state index in [1.807, 2.05) is 19.4 Å². The number of anilines is 1. The number of aryl methyl sites for hydroxylation is 1. The molecule has 2 aromatic rings. The third kappa shape index (κ3) is 3.50. The minimum atomic E-state index is -0.372. The number of hydrogen-bond donors (Lipinski definition) is 0. The largest absolute Gasteiger partial charge is 0.362 e. The van der Waals surface area contributed by atoms with Gasteiger partial charge in [-0.25, -0.2) is 4.39 Å². The van der Waals surface area contributed by atoms with Crippen molar-refractivity contribution in [2.75, 3.05) is 31.1 Å². The van der Waals surface area contributed by atoms with Crippen LogP contribution >= 0.6 is 0 Å². The van der Waals surface area contributed by atoms with Crippen molar-refractivity contribution in [3.63, 3.8) is 0 Å². The summed E-state index contributed by atoms with van der Waals surface area (Å²) >= 11 is 0. The van der Waals surface area contributed by atoms with Gasteiger partial charge in [-0.05, 0) is 43.7 Å². The van der Waals surface area contributed by atoms with Gasteiger partial charge in [-0.1, -0.05) is 0 Å². The van der Waals surface area contributed by atoms with Crippen molar-refractivity contribution in [2.24, 2.45) is 7.05 Å². The number of nitrogens with zero attached hydrogens (tertiary/aromatic N) is 4. The van der Waals surface area contributed by atoms with Crippen LogP contribution in [0.3, 0.4) is 0 Å². The molecule has 2 saturated heterocycles. The Morgan fingerprint density at radius 1 is 1.27 bits per heavy atom. The minimum absolute atomic E-state index is 0.0676. The standard InChI is InChI=1S/C19H23FN4O2/c1-22-10-15(9-21-22)11-23-8-2-7-19(13-23)14-24(18(25)12-26-19)17-5-3-16(20)4-6-17/h3-6,9-10H,2,7-8,11-14H2,1H3. The van der Waals surface area contributed by atoms with Gasteiger partial charge in [0.2, 0.25) is 0 Å². The third-order valence-corrected chi connectivity index (χ3v) is 5.17. The molecule has 1 unspecified atom stereocenters. The number of likely N-dealkylation sites (tertiary alicyclic amines) is 1. The van der Waals surface area contributed by atoms with Crippen LogP contribution in [0.4, 0.5) is 10.1 Å². The lowest BCUT2D eigenvalue weighted by Gasteiger charge is -2.47. The number of halogens is 1. The number of piperidine rings is 1. The van der Waals surface area contributed by atoms with Gasteiger partial charge < -0.3 is 9.64 Å². The first-order chi connectivity index (χ1) is 12.5. The smallest absolute Gasteiger partial charge is 0.253 e. The first-order valence-electron chi connectivity index (χ1n) is 8.93. The fourth-order valence-corrected chi connectivity index (χ4v) is 3.96. The van der Waals surface area contributed by atoms with Crippen LogP contribution < -0.4 is 4.90 Å². The van der Waals surface area contributed by atoms with E-state index in [1.54, 1.807) is 21.7 Å². The molecule has 0 aliphatic carbocycles.